The first-order valence-electron chi connectivity index (χ1n) is 3.36. The van der Waals surface area contributed by atoms with E-state index in [1.807, 2.05) is 0 Å². The van der Waals surface area contributed by atoms with Crippen molar-refractivity contribution in [1.29, 1.82) is 0 Å². The van der Waals surface area contributed by atoms with E-state index in [1.165, 1.54) is 12.8 Å². The molecule has 1 N–H and O–H groups in total. The lowest BCUT2D eigenvalue weighted by Crippen LogP contribution is -2.24. The summed E-state index contributed by atoms with van der Waals surface area (Å²) in [5.41, 5.74) is 0.496. The molecule has 1 rings (SSSR count). The molecule has 0 aromatic heterocycles. The van der Waals surface area contributed by atoms with Crippen LogP contribution in [0.15, 0.2) is 0 Å². The molecule has 0 atom stereocenters. The van der Waals surface area contributed by atoms with Crippen LogP contribution in [0.4, 0.5) is 0 Å². The number of rotatable bonds is 3. The molecule has 1 nitrogen and oxygen atoms in total. The van der Waals surface area contributed by atoms with Crippen molar-refractivity contribution in [2.45, 2.75) is 38.6 Å². The predicted molar refractivity (Wildman–Crippen MR) is 35.4 cm³/mol. The van der Waals surface area contributed by atoms with E-state index < -0.39 is 0 Å². The van der Waals surface area contributed by atoms with Gasteiger partial charge in [-0.15, -0.1) is 0 Å². The van der Waals surface area contributed by atoms with Crippen LogP contribution in [0.1, 0.15) is 33.1 Å². The van der Waals surface area contributed by atoms with E-state index in [0.717, 1.165) is 6.42 Å². The molecule has 0 bridgehead atoms. The van der Waals surface area contributed by atoms with Crippen molar-refractivity contribution < 1.29 is 0 Å². The molecule has 1 aliphatic rings. The Hall–Kier alpha value is -0.0400. The van der Waals surface area contributed by atoms with E-state index in [4.69, 9.17) is 0 Å². The Morgan fingerprint density at radius 2 is 2.25 bits per heavy atom. The lowest BCUT2D eigenvalue weighted by atomic mass is 10.3. The summed E-state index contributed by atoms with van der Waals surface area (Å²) in [5, 5.41) is 3.36. The molecule has 0 unspecified atom stereocenters. The lowest BCUT2D eigenvalue weighted by molar-refractivity contribution is 0.589. The van der Waals surface area contributed by atoms with Crippen LogP contribution in [-0.2, 0) is 0 Å². The number of hydrogen-bond acceptors (Lipinski definition) is 1. The van der Waals surface area contributed by atoms with Gasteiger partial charge in [0.05, 0.1) is 0 Å². The summed E-state index contributed by atoms with van der Waals surface area (Å²) < 4.78 is 0. The van der Waals surface area contributed by atoms with Gasteiger partial charge in [-0.25, -0.2) is 0 Å². The van der Waals surface area contributed by atoms with Crippen molar-refractivity contribution in [2.75, 3.05) is 0 Å². The third kappa shape index (κ3) is 1.48. The van der Waals surface area contributed by atoms with Gasteiger partial charge in [0.1, 0.15) is 0 Å². The maximum Gasteiger partial charge on any atom is 0.0223 e. The van der Waals surface area contributed by atoms with Gasteiger partial charge < -0.3 is 5.32 Å². The van der Waals surface area contributed by atoms with Crippen LogP contribution < -0.4 is 5.32 Å². The van der Waals surface area contributed by atoms with Gasteiger partial charge in [-0.2, -0.15) is 0 Å². The molecule has 0 aromatic carbocycles. The minimum absolute atomic E-state index is 0.496. The minimum Gasteiger partial charge on any atom is -0.307 e. The normalized spacial score (nSPS) is 23.2. The van der Waals surface area contributed by atoms with Gasteiger partial charge in [0.25, 0.3) is 0 Å². The van der Waals surface area contributed by atoms with E-state index in [0.29, 0.717) is 5.54 Å². The monoisotopic (exact) mass is 112 g/mol. The Balaban J connectivity index is 2.01. The lowest BCUT2D eigenvalue weighted by Gasteiger charge is -2.07. The zero-order valence-corrected chi connectivity index (χ0v) is 5.70. The van der Waals surface area contributed by atoms with Crippen LogP contribution in [0.3, 0.4) is 0 Å². The second-order valence-corrected chi connectivity index (χ2v) is 2.82. The maximum absolute atomic E-state index is 3.36. The van der Waals surface area contributed by atoms with Gasteiger partial charge in [0.2, 0.25) is 0 Å². The van der Waals surface area contributed by atoms with Crippen molar-refractivity contribution in [3.05, 3.63) is 6.54 Å². The van der Waals surface area contributed by atoms with Crippen LogP contribution >= 0.6 is 0 Å². The highest BCUT2D eigenvalue weighted by molar-refractivity contribution is 4.99. The summed E-state index contributed by atoms with van der Waals surface area (Å²) in [6, 6.07) is 0. The fourth-order valence-corrected chi connectivity index (χ4v) is 0.680. The van der Waals surface area contributed by atoms with Gasteiger partial charge in [0.15, 0.2) is 0 Å². The molecule has 1 fully saturated rings. The summed E-state index contributed by atoms with van der Waals surface area (Å²) in [6.07, 6.45) is 3.84. The molecule has 0 spiro atoms. The third-order valence-corrected chi connectivity index (χ3v) is 1.65. The topological polar surface area (TPSA) is 12.0 Å². The standard InChI is InChI=1S/C7H14N/c1-3-6-8-7(2)4-5-7/h6,8H,3-5H2,1-2H3. The van der Waals surface area contributed by atoms with E-state index in [2.05, 4.69) is 25.7 Å². The summed E-state index contributed by atoms with van der Waals surface area (Å²) >= 11 is 0. The summed E-state index contributed by atoms with van der Waals surface area (Å²) in [4.78, 5) is 0. The molecular formula is C7H14N. The van der Waals surface area contributed by atoms with Crippen molar-refractivity contribution in [1.82, 2.24) is 5.32 Å². The van der Waals surface area contributed by atoms with Crippen molar-refractivity contribution in [2.24, 2.45) is 0 Å². The second kappa shape index (κ2) is 2.06. The summed E-state index contributed by atoms with van der Waals surface area (Å²) in [6.45, 7) is 6.56. The number of nitrogens with one attached hydrogen (secondary N) is 1. The van der Waals surface area contributed by atoms with Crippen molar-refractivity contribution in [3.8, 4) is 0 Å². The highest BCUT2D eigenvalue weighted by Gasteiger charge is 2.35. The highest BCUT2D eigenvalue weighted by Crippen LogP contribution is 2.34. The molecule has 0 aromatic rings. The van der Waals surface area contributed by atoms with Gasteiger partial charge in [-0.1, -0.05) is 6.92 Å². The average molecular weight is 112 g/mol. The maximum atomic E-state index is 3.36. The van der Waals surface area contributed by atoms with E-state index in [-0.39, 0.29) is 0 Å². The Bertz CT molecular complexity index is 74.5. The zero-order chi connectivity index (χ0) is 6.04. The first kappa shape index (κ1) is 6.09. The van der Waals surface area contributed by atoms with Gasteiger partial charge in [-0.3, -0.25) is 0 Å². The highest BCUT2D eigenvalue weighted by atomic mass is 15.0. The quantitative estimate of drug-likeness (QED) is 0.586. The fourth-order valence-electron chi connectivity index (χ4n) is 0.680. The van der Waals surface area contributed by atoms with Crippen LogP contribution in [0, 0.1) is 6.54 Å². The van der Waals surface area contributed by atoms with Crippen LogP contribution in [0.25, 0.3) is 0 Å². The Kier molecular flexibility index (Phi) is 1.57. The second-order valence-electron chi connectivity index (χ2n) is 2.82. The predicted octanol–water partition coefficient (Wildman–Crippen LogP) is 1.70. The third-order valence-electron chi connectivity index (χ3n) is 1.65. The van der Waals surface area contributed by atoms with E-state index >= 15 is 0 Å². The molecule has 0 saturated heterocycles. The smallest absolute Gasteiger partial charge is 0.0223 e. The minimum atomic E-state index is 0.496. The SMILES string of the molecule is CC[CH]NC1(C)CC1. The van der Waals surface area contributed by atoms with E-state index in [1.54, 1.807) is 0 Å². The molecule has 8 heavy (non-hydrogen) atoms. The Morgan fingerprint density at radius 3 is 2.62 bits per heavy atom. The summed E-state index contributed by atoms with van der Waals surface area (Å²) in [7, 11) is 0. The molecular weight excluding hydrogens is 98.1 g/mol. The van der Waals surface area contributed by atoms with Gasteiger partial charge in [0, 0.05) is 12.1 Å². The first-order valence-corrected chi connectivity index (χ1v) is 3.36. The van der Waals surface area contributed by atoms with Crippen LogP contribution in [0.2, 0.25) is 0 Å². The molecule has 1 heteroatoms. The van der Waals surface area contributed by atoms with Crippen LogP contribution in [0.5, 0.6) is 0 Å². The molecule has 47 valence electrons. The van der Waals surface area contributed by atoms with E-state index in [9.17, 15) is 0 Å². The van der Waals surface area contributed by atoms with Gasteiger partial charge in [-0.05, 0) is 26.2 Å². The summed E-state index contributed by atoms with van der Waals surface area (Å²) in [5.74, 6) is 0. The Morgan fingerprint density at radius 1 is 1.62 bits per heavy atom. The first-order chi connectivity index (χ1) is 3.77. The number of hydrogen-bond donors (Lipinski definition) is 1. The van der Waals surface area contributed by atoms with Gasteiger partial charge >= 0.3 is 0 Å². The van der Waals surface area contributed by atoms with Crippen molar-refractivity contribution >= 4 is 0 Å². The fraction of sp³-hybridized carbons (Fsp3) is 0.857. The zero-order valence-electron chi connectivity index (χ0n) is 5.70. The molecule has 1 radical (unpaired) electrons. The van der Waals surface area contributed by atoms with Crippen LogP contribution in [-0.4, -0.2) is 5.54 Å². The van der Waals surface area contributed by atoms with Crippen molar-refractivity contribution in [3.63, 3.8) is 0 Å². The molecule has 0 amide bonds. The Labute approximate surface area is 51.5 Å². The molecule has 0 aliphatic heterocycles. The largest absolute Gasteiger partial charge is 0.307 e. The average Bonchev–Trinajstić information content (AvgIpc) is 2.45. The molecule has 1 aliphatic carbocycles. The molecule has 1 saturated carbocycles. The molecule has 0 heterocycles.